The topological polar surface area (TPSA) is 49.8 Å². The van der Waals surface area contributed by atoms with Gasteiger partial charge in [0.25, 0.3) is 0 Å². The zero-order valence-electron chi connectivity index (χ0n) is 10.3. The Morgan fingerprint density at radius 1 is 1.38 bits per heavy atom. The molecule has 3 fully saturated rings. The molecule has 0 aromatic rings. The van der Waals surface area contributed by atoms with Crippen molar-refractivity contribution in [2.24, 2.45) is 5.92 Å². The van der Waals surface area contributed by atoms with Gasteiger partial charge in [-0.25, -0.2) is 4.79 Å². The fraction of sp³-hybridized carbons (Fsp3) is 0.917. The Balaban J connectivity index is 1.99. The van der Waals surface area contributed by atoms with Crippen LogP contribution in [-0.4, -0.2) is 40.4 Å². The molecule has 2 heterocycles. The highest BCUT2D eigenvalue weighted by molar-refractivity contribution is 5.69. The SMILES string of the molecule is CC(C)(C)OC(=O)N1C[C@@H]2CC[C@H]1CC2O. The normalized spacial score (nSPS) is 34.0. The van der Waals surface area contributed by atoms with Gasteiger partial charge in [0.15, 0.2) is 0 Å². The van der Waals surface area contributed by atoms with Crippen LogP contribution in [0.5, 0.6) is 0 Å². The van der Waals surface area contributed by atoms with E-state index in [1.165, 1.54) is 0 Å². The molecular formula is C12H21NO3. The Bertz CT molecular complexity index is 284. The molecule has 2 saturated heterocycles. The number of carbonyl (C=O) groups excluding carboxylic acids is 1. The third-order valence-electron chi connectivity index (χ3n) is 3.43. The number of carbonyl (C=O) groups is 1. The van der Waals surface area contributed by atoms with Crippen molar-refractivity contribution >= 4 is 6.09 Å². The molecule has 2 bridgehead atoms. The third kappa shape index (κ3) is 2.32. The van der Waals surface area contributed by atoms with Gasteiger partial charge in [-0.15, -0.1) is 0 Å². The van der Waals surface area contributed by atoms with Gasteiger partial charge in [0.1, 0.15) is 5.60 Å². The van der Waals surface area contributed by atoms with Crippen LogP contribution in [0.2, 0.25) is 0 Å². The maximum absolute atomic E-state index is 11.9. The molecule has 0 aromatic carbocycles. The molecule has 1 unspecified atom stereocenters. The highest BCUT2D eigenvalue weighted by Crippen LogP contribution is 2.35. The second kappa shape index (κ2) is 3.91. The van der Waals surface area contributed by atoms with Crippen LogP contribution in [0.15, 0.2) is 0 Å². The van der Waals surface area contributed by atoms with Crippen LogP contribution in [0.25, 0.3) is 0 Å². The van der Waals surface area contributed by atoms with E-state index < -0.39 is 5.60 Å². The van der Waals surface area contributed by atoms with Gasteiger partial charge in [-0.2, -0.15) is 0 Å². The number of ether oxygens (including phenoxy) is 1. The molecule has 1 amide bonds. The highest BCUT2D eigenvalue weighted by atomic mass is 16.6. The van der Waals surface area contributed by atoms with Gasteiger partial charge < -0.3 is 14.7 Å². The number of nitrogens with zero attached hydrogens (tertiary/aromatic N) is 1. The van der Waals surface area contributed by atoms with Gasteiger partial charge in [0, 0.05) is 18.5 Å². The van der Waals surface area contributed by atoms with Crippen molar-refractivity contribution in [3.05, 3.63) is 0 Å². The summed E-state index contributed by atoms with van der Waals surface area (Å²) < 4.78 is 5.37. The smallest absolute Gasteiger partial charge is 0.410 e. The summed E-state index contributed by atoms with van der Waals surface area (Å²) >= 11 is 0. The van der Waals surface area contributed by atoms with Gasteiger partial charge in [-0.1, -0.05) is 0 Å². The number of hydrogen-bond acceptors (Lipinski definition) is 3. The van der Waals surface area contributed by atoms with Crippen LogP contribution < -0.4 is 0 Å². The largest absolute Gasteiger partial charge is 0.444 e. The summed E-state index contributed by atoms with van der Waals surface area (Å²) in [5, 5.41) is 9.75. The molecular weight excluding hydrogens is 206 g/mol. The third-order valence-corrected chi connectivity index (χ3v) is 3.43. The average Bonchev–Trinajstić information content (AvgIpc) is 2.15. The first-order valence-corrected chi connectivity index (χ1v) is 6.04. The molecule has 0 radical (unpaired) electrons. The molecule has 4 heteroatoms. The standard InChI is InChI=1S/C12H21NO3/c1-12(2,3)16-11(15)13-7-8-4-5-9(13)6-10(8)14/h8-10,14H,4-7H2,1-3H3/t8-,9-,10?/m0/s1. The second-order valence-electron chi connectivity index (χ2n) is 5.93. The van der Waals surface area contributed by atoms with E-state index in [-0.39, 0.29) is 24.2 Å². The predicted octanol–water partition coefficient (Wildman–Crippen LogP) is 1.77. The van der Waals surface area contributed by atoms with Crippen LogP contribution in [0.4, 0.5) is 4.79 Å². The lowest BCUT2D eigenvalue weighted by Crippen LogP contribution is -2.56. The number of amides is 1. The zero-order valence-corrected chi connectivity index (χ0v) is 10.3. The van der Waals surface area contributed by atoms with E-state index in [0.29, 0.717) is 13.0 Å². The lowest BCUT2D eigenvalue weighted by Gasteiger charge is -2.47. The summed E-state index contributed by atoms with van der Waals surface area (Å²) in [6, 6.07) is 0.176. The van der Waals surface area contributed by atoms with Crippen molar-refractivity contribution in [3.63, 3.8) is 0 Å². The van der Waals surface area contributed by atoms with Crippen LogP contribution >= 0.6 is 0 Å². The van der Waals surface area contributed by atoms with Crippen LogP contribution in [0, 0.1) is 5.92 Å². The number of piperidine rings is 2. The number of fused-ring (bicyclic) bond motifs is 3. The average molecular weight is 227 g/mol. The first-order chi connectivity index (χ1) is 7.37. The molecule has 4 nitrogen and oxygen atoms in total. The van der Waals surface area contributed by atoms with E-state index in [9.17, 15) is 9.90 Å². The fourth-order valence-corrected chi connectivity index (χ4v) is 2.63. The maximum atomic E-state index is 11.9. The molecule has 1 N–H and O–H groups in total. The Labute approximate surface area is 96.6 Å². The van der Waals surface area contributed by atoms with Gasteiger partial charge in [-0.05, 0) is 40.0 Å². The van der Waals surface area contributed by atoms with Crippen molar-refractivity contribution < 1.29 is 14.6 Å². The highest BCUT2D eigenvalue weighted by Gasteiger charge is 2.42. The molecule has 16 heavy (non-hydrogen) atoms. The summed E-state index contributed by atoms with van der Waals surface area (Å²) in [4.78, 5) is 13.7. The molecule has 92 valence electrons. The number of aliphatic hydroxyl groups excluding tert-OH is 1. The van der Waals surface area contributed by atoms with E-state index in [0.717, 1.165) is 12.8 Å². The lowest BCUT2D eigenvalue weighted by molar-refractivity contribution is -0.0584. The summed E-state index contributed by atoms with van der Waals surface area (Å²) in [6.45, 7) is 6.28. The van der Waals surface area contributed by atoms with E-state index in [1.807, 2.05) is 20.8 Å². The molecule has 2 aliphatic heterocycles. The van der Waals surface area contributed by atoms with Crippen molar-refractivity contribution in [3.8, 4) is 0 Å². The van der Waals surface area contributed by atoms with Crippen molar-refractivity contribution in [2.75, 3.05) is 6.54 Å². The van der Waals surface area contributed by atoms with E-state index in [2.05, 4.69) is 0 Å². The Hall–Kier alpha value is -0.770. The first-order valence-electron chi connectivity index (χ1n) is 6.04. The Morgan fingerprint density at radius 3 is 2.50 bits per heavy atom. The minimum atomic E-state index is -0.438. The predicted molar refractivity (Wildman–Crippen MR) is 60.1 cm³/mol. The van der Waals surface area contributed by atoms with Gasteiger partial charge in [0.05, 0.1) is 6.10 Å². The zero-order chi connectivity index (χ0) is 11.9. The fourth-order valence-electron chi connectivity index (χ4n) is 2.63. The van der Waals surface area contributed by atoms with Crippen LogP contribution in [-0.2, 0) is 4.74 Å². The summed E-state index contributed by atoms with van der Waals surface area (Å²) in [5.74, 6) is 0.248. The molecule has 3 atom stereocenters. The van der Waals surface area contributed by atoms with Crippen molar-refractivity contribution in [1.29, 1.82) is 0 Å². The maximum Gasteiger partial charge on any atom is 0.410 e. The Morgan fingerprint density at radius 2 is 2.06 bits per heavy atom. The van der Waals surface area contributed by atoms with Gasteiger partial charge in [0.2, 0.25) is 0 Å². The van der Waals surface area contributed by atoms with Gasteiger partial charge >= 0.3 is 6.09 Å². The summed E-state index contributed by atoms with van der Waals surface area (Å²) in [6.07, 6.45) is 2.29. The van der Waals surface area contributed by atoms with Crippen LogP contribution in [0.3, 0.4) is 0 Å². The Kier molecular flexibility index (Phi) is 2.86. The molecule has 0 spiro atoms. The molecule has 3 aliphatic rings. The van der Waals surface area contributed by atoms with Crippen molar-refractivity contribution in [1.82, 2.24) is 4.90 Å². The summed E-state index contributed by atoms with van der Waals surface area (Å²) in [5.41, 5.74) is -0.438. The van der Waals surface area contributed by atoms with E-state index >= 15 is 0 Å². The van der Waals surface area contributed by atoms with E-state index in [4.69, 9.17) is 4.74 Å². The minimum Gasteiger partial charge on any atom is -0.444 e. The quantitative estimate of drug-likeness (QED) is 0.686. The second-order valence-corrected chi connectivity index (χ2v) is 5.93. The molecule has 0 aromatic heterocycles. The number of hydrogen-bond donors (Lipinski definition) is 1. The molecule has 1 aliphatic carbocycles. The lowest BCUT2D eigenvalue weighted by atomic mass is 9.78. The minimum absolute atomic E-state index is 0.176. The first kappa shape index (κ1) is 11.7. The molecule has 1 saturated carbocycles. The monoisotopic (exact) mass is 227 g/mol. The number of aliphatic hydroxyl groups is 1. The number of rotatable bonds is 0. The van der Waals surface area contributed by atoms with E-state index in [1.54, 1.807) is 4.90 Å². The van der Waals surface area contributed by atoms with Gasteiger partial charge in [-0.3, -0.25) is 0 Å². The van der Waals surface area contributed by atoms with Crippen LogP contribution in [0.1, 0.15) is 40.0 Å². The molecule has 3 rings (SSSR count). The van der Waals surface area contributed by atoms with Crippen molar-refractivity contribution in [2.45, 2.75) is 57.8 Å². The summed E-state index contributed by atoms with van der Waals surface area (Å²) in [7, 11) is 0.